The normalized spacial score (nSPS) is 28.7. The molecule has 1 aliphatic carbocycles. The molecule has 6 nitrogen and oxygen atoms in total. The molecule has 1 aliphatic heterocycles. The number of oxime groups is 1. The molecule has 3 unspecified atom stereocenters. The number of aliphatic hydroxyl groups is 1. The number of amides is 1. The quantitative estimate of drug-likeness (QED) is 0.322. The minimum atomic E-state index is -0.268. The van der Waals surface area contributed by atoms with Crippen molar-refractivity contribution in [1.82, 2.24) is 4.90 Å². The Morgan fingerprint density at radius 1 is 1.19 bits per heavy atom. The van der Waals surface area contributed by atoms with Crippen molar-refractivity contribution >= 4 is 11.7 Å². The fourth-order valence-corrected chi connectivity index (χ4v) is 3.43. The van der Waals surface area contributed by atoms with Gasteiger partial charge in [-0.15, -0.1) is 0 Å². The van der Waals surface area contributed by atoms with Gasteiger partial charge in [0.15, 0.2) is 5.84 Å². The highest BCUT2D eigenvalue weighted by Crippen LogP contribution is 2.38. The van der Waals surface area contributed by atoms with Gasteiger partial charge in [0.1, 0.15) is 0 Å². The Kier molecular flexibility index (Phi) is 3.55. The number of nitrogens with two attached hydrogens (primary N) is 1. The third-order valence-electron chi connectivity index (χ3n) is 4.64. The van der Waals surface area contributed by atoms with Crippen LogP contribution in [-0.2, 0) is 0 Å². The van der Waals surface area contributed by atoms with Crippen molar-refractivity contribution in [3.63, 3.8) is 0 Å². The van der Waals surface area contributed by atoms with Crippen LogP contribution < -0.4 is 5.73 Å². The van der Waals surface area contributed by atoms with Crippen molar-refractivity contribution in [2.45, 2.75) is 18.9 Å². The second-order valence-electron chi connectivity index (χ2n) is 5.84. The van der Waals surface area contributed by atoms with Crippen LogP contribution in [0.4, 0.5) is 0 Å². The number of nitrogens with zero attached hydrogens (tertiary/aromatic N) is 2. The number of hydrogen-bond donors (Lipinski definition) is 3. The molecule has 0 aromatic heterocycles. The van der Waals surface area contributed by atoms with E-state index in [4.69, 9.17) is 10.9 Å². The fourth-order valence-electron chi connectivity index (χ4n) is 3.43. The molecule has 0 bridgehead atoms. The summed E-state index contributed by atoms with van der Waals surface area (Å²) in [5, 5.41) is 21.5. The maximum absolute atomic E-state index is 12.5. The summed E-state index contributed by atoms with van der Waals surface area (Å²) in [5.41, 5.74) is 6.65. The van der Waals surface area contributed by atoms with Crippen molar-refractivity contribution in [2.24, 2.45) is 22.7 Å². The lowest BCUT2D eigenvalue weighted by Crippen LogP contribution is -2.31. The number of carbonyl (C=O) groups excluding carboxylic acids is 1. The molecule has 1 saturated carbocycles. The minimum Gasteiger partial charge on any atom is -0.409 e. The van der Waals surface area contributed by atoms with Crippen LogP contribution >= 0.6 is 0 Å². The Labute approximate surface area is 122 Å². The molecular formula is C15H19N3O3. The zero-order valence-corrected chi connectivity index (χ0v) is 11.6. The topological polar surface area (TPSA) is 99.2 Å². The van der Waals surface area contributed by atoms with E-state index in [2.05, 4.69) is 5.16 Å². The highest BCUT2D eigenvalue weighted by atomic mass is 16.4. The molecule has 1 aromatic rings. The predicted octanol–water partition coefficient (Wildman–Crippen LogP) is 0.624. The van der Waals surface area contributed by atoms with Crippen molar-refractivity contribution in [3.8, 4) is 0 Å². The van der Waals surface area contributed by atoms with Gasteiger partial charge in [-0.2, -0.15) is 0 Å². The lowest BCUT2D eigenvalue weighted by molar-refractivity contribution is 0.0752. The number of rotatable bonds is 2. The number of hydrogen-bond acceptors (Lipinski definition) is 4. The second-order valence-corrected chi connectivity index (χ2v) is 5.84. The van der Waals surface area contributed by atoms with Gasteiger partial charge in [-0.1, -0.05) is 17.3 Å². The summed E-state index contributed by atoms with van der Waals surface area (Å²) in [6.07, 6.45) is 1.58. The summed E-state index contributed by atoms with van der Waals surface area (Å²) in [6, 6.07) is 6.68. The monoisotopic (exact) mass is 289 g/mol. The Bertz CT molecular complexity index is 570. The first kappa shape index (κ1) is 13.9. The maximum Gasteiger partial charge on any atom is 0.253 e. The summed E-state index contributed by atoms with van der Waals surface area (Å²) in [4.78, 5) is 14.3. The molecule has 1 amide bonds. The van der Waals surface area contributed by atoms with Gasteiger partial charge in [0.25, 0.3) is 5.91 Å². The van der Waals surface area contributed by atoms with Crippen LogP contribution in [0.3, 0.4) is 0 Å². The maximum atomic E-state index is 12.5. The van der Waals surface area contributed by atoms with E-state index in [9.17, 15) is 9.90 Å². The van der Waals surface area contributed by atoms with E-state index in [-0.39, 0.29) is 23.8 Å². The molecule has 1 saturated heterocycles. The van der Waals surface area contributed by atoms with Gasteiger partial charge in [-0.25, -0.2) is 0 Å². The molecule has 2 aliphatic rings. The van der Waals surface area contributed by atoms with E-state index < -0.39 is 0 Å². The highest BCUT2D eigenvalue weighted by molar-refractivity contribution is 5.99. The number of likely N-dealkylation sites (tertiary alicyclic amines) is 1. The highest BCUT2D eigenvalue weighted by Gasteiger charge is 2.43. The molecule has 1 aromatic carbocycles. The summed E-state index contributed by atoms with van der Waals surface area (Å²) in [7, 11) is 0. The first-order valence-electron chi connectivity index (χ1n) is 7.15. The zero-order chi connectivity index (χ0) is 15.0. The third-order valence-corrected chi connectivity index (χ3v) is 4.64. The van der Waals surface area contributed by atoms with Gasteiger partial charge in [-0.05, 0) is 30.9 Å². The molecule has 2 fully saturated rings. The first-order chi connectivity index (χ1) is 10.1. The van der Waals surface area contributed by atoms with Crippen molar-refractivity contribution in [2.75, 3.05) is 13.1 Å². The van der Waals surface area contributed by atoms with Gasteiger partial charge in [0, 0.05) is 30.1 Å². The molecule has 1 heterocycles. The van der Waals surface area contributed by atoms with Crippen LogP contribution in [0.2, 0.25) is 0 Å². The Morgan fingerprint density at radius 3 is 2.48 bits per heavy atom. The molecular weight excluding hydrogens is 270 g/mol. The van der Waals surface area contributed by atoms with Crippen LogP contribution in [0.25, 0.3) is 0 Å². The molecule has 0 spiro atoms. The summed E-state index contributed by atoms with van der Waals surface area (Å²) in [5.74, 6) is 0.654. The second kappa shape index (κ2) is 5.37. The van der Waals surface area contributed by atoms with Gasteiger partial charge >= 0.3 is 0 Å². The summed E-state index contributed by atoms with van der Waals surface area (Å²) < 4.78 is 0. The number of benzene rings is 1. The van der Waals surface area contributed by atoms with Crippen LogP contribution in [0.15, 0.2) is 29.4 Å². The summed E-state index contributed by atoms with van der Waals surface area (Å²) >= 11 is 0. The summed E-state index contributed by atoms with van der Waals surface area (Å²) in [6.45, 7) is 1.36. The van der Waals surface area contributed by atoms with Crippen LogP contribution in [-0.4, -0.2) is 46.1 Å². The lowest BCUT2D eigenvalue weighted by atomic mass is 10.00. The standard InChI is InChI=1S/C15H19N3O3/c16-14(17-21)9-1-3-10(4-2-9)15(20)18-7-11-5-6-13(19)12(11)8-18/h1-4,11-13,19,21H,5-8H2,(H2,16,17). The Hall–Kier alpha value is -2.08. The van der Waals surface area contributed by atoms with Gasteiger partial charge in [-0.3, -0.25) is 4.79 Å². The van der Waals surface area contributed by atoms with Crippen LogP contribution in [0.5, 0.6) is 0 Å². The molecule has 112 valence electrons. The average molecular weight is 289 g/mol. The third kappa shape index (κ3) is 2.47. The average Bonchev–Trinajstić information content (AvgIpc) is 3.08. The van der Waals surface area contributed by atoms with Crippen molar-refractivity contribution < 1.29 is 15.1 Å². The van der Waals surface area contributed by atoms with Gasteiger partial charge < -0.3 is 20.9 Å². The number of aliphatic hydroxyl groups excluding tert-OH is 1. The van der Waals surface area contributed by atoms with Crippen molar-refractivity contribution in [3.05, 3.63) is 35.4 Å². The molecule has 4 N–H and O–H groups in total. The zero-order valence-electron chi connectivity index (χ0n) is 11.6. The molecule has 3 rings (SSSR count). The van der Waals surface area contributed by atoms with Crippen molar-refractivity contribution in [1.29, 1.82) is 0 Å². The number of amidine groups is 1. The molecule has 6 heteroatoms. The van der Waals surface area contributed by atoms with Gasteiger partial charge in [0.2, 0.25) is 0 Å². The number of carbonyl (C=O) groups is 1. The van der Waals surface area contributed by atoms with Crippen LogP contribution in [0.1, 0.15) is 28.8 Å². The van der Waals surface area contributed by atoms with E-state index in [1.807, 2.05) is 4.90 Å². The minimum absolute atomic E-state index is 0.0211. The van der Waals surface area contributed by atoms with Crippen LogP contribution in [0, 0.1) is 11.8 Å². The van der Waals surface area contributed by atoms with E-state index in [1.54, 1.807) is 24.3 Å². The lowest BCUT2D eigenvalue weighted by Gasteiger charge is -2.18. The predicted molar refractivity (Wildman–Crippen MR) is 77.1 cm³/mol. The number of fused-ring (bicyclic) bond motifs is 1. The SMILES string of the molecule is N/C(=N/O)c1ccc(C(=O)N2CC3CCC(O)C3C2)cc1. The fraction of sp³-hybridized carbons (Fsp3) is 0.467. The van der Waals surface area contributed by atoms with E-state index in [0.717, 1.165) is 19.4 Å². The van der Waals surface area contributed by atoms with E-state index in [0.29, 0.717) is 23.6 Å². The molecule has 21 heavy (non-hydrogen) atoms. The molecule has 0 radical (unpaired) electrons. The molecule has 3 atom stereocenters. The Balaban J connectivity index is 1.71. The Morgan fingerprint density at radius 2 is 1.86 bits per heavy atom. The van der Waals surface area contributed by atoms with E-state index >= 15 is 0 Å². The van der Waals surface area contributed by atoms with E-state index in [1.165, 1.54) is 0 Å². The smallest absolute Gasteiger partial charge is 0.253 e. The first-order valence-corrected chi connectivity index (χ1v) is 7.15. The largest absolute Gasteiger partial charge is 0.409 e. The van der Waals surface area contributed by atoms with Gasteiger partial charge in [0.05, 0.1) is 6.10 Å².